The summed E-state index contributed by atoms with van der Waals surface area (Å²) in [6, 6.07) is 45.0. The van der Waals surface area contributed by atoms with Gasteiger partial charge in [0.1, 0.15) is 0 Å². The molecule has 1 radical (unpaired) electrons. The summed E-state index contributed by atoms with van der Waals surface area (Å²) in [5.74, 6) is 2.47. The van der Waals surface area contributed by atoms with Gasteiger partial charge in [-0.3, -0.25) is 4.98 Å². The topological polar surface area (TPSA) is 46.4 Å². The van der Waals surface area contributed by atoms with Gasteiger partial charge in [0.25, 0.3) is 0 Å². The van der Waals surface area contributed by atoms with Gasteiger partial charge in [0, 0.05) is 51.3 Å². The van der Waals surface area contributed by atoms with Crippen LogP contribution in [0.5, 0.6) is 0 Å². The van der Waals surface area contributed by atoms with E-state index in [0.29, 0.717) is 29.5 Å². The summed E-state index contributed by atoms with van der Waals surface area (Å²) in [5.41, 5.74) is 13.5. The third-order valence-corrected chi connectivity index (χ3v) is 11.0. The van der Waals surface area contributed by atoms with E-state index in [4.69, 9.17) is 9.97 Å². The Kier molecular flexibility index (Phi) is 11.7. The molecule has 0 fully saturated rings. The molecule has 0 bridgehead atoms. The molecule has 1 aliphatic rings. The van der Waals surface area contributed by atoms with Crippen molar-refractivity contribution in [1.82, 2.24) is 15.0 Å². The normalized spacial score (nSPS) is 12.6. The molecule has 0 spiro atoms. The van der Waals surface area contributed by atoms with Crippen molar-refractivity contribution in [2.24, 2.45) is 0 Å². The first-order valence-electron chi connectivity index (χ1n) is 20.1. The van der Waals surface area contributed by atoms with Crippen molar-refractivity contribution in [3.63, 3.8) is 0 Å². The molecule has 5 nitrogen and oxygen atoms in total. The number of hydrogen-bond donors (Lipinski definition) is 0. The minimum absolute atomic E-state index is 0. The van der Waals surface area contributed by atoms with Crippen LogP contribution in [0, 0.1) is 6.67 Å². The number of rotatable bonds is 7. The molecule has 0 saturated carbocycles. The maximum atomic E-state index is 4.79. The number of pyridine rings is 1. The first-order chi connectivity index (χ1) is 27.1. The summed E-state index contributed by atoms with van der Waals surface area (Å²) in [6.07, 6.45) is 1.77. The zero-order valence-electron chi connectivity index (χ0n) is 34.1. The van der Waals surface area contributed by atoms with Crippen molar-refractivity contribution in [1.29, 1.82) is 0 Å². The Morgan fingerprint density at radius 3 is 1.35 bits per heavy atom. The van der Waals surface area contributed by atoms with E-state index in [2.05, 4.69) is 174 Å². The first kappa shape index (κ1) is 40.0. The molecular weight excluding hydrogens is 880 g/mol. The van der Waals surface area contributed by atoms with Crippen LogP contribution in [0.25, 0.3) is 44.1 Å². The van der Waals surface area contributed by atoms with E-state index < -0.39 is 0 Å². The number of benzene rings is 6. The number of hydrogen-bond acceptors (Lipinski definition) is 4. The van der Waals surface area contributed by atoms with Crippen LogP contribution in [0.4, 0.5) is 22.7 Å². The molecule has 0 unspecified atom stereocenters. The van der Waals surface area contributed by atoms with Crippen molar-refractivity contribution in [3.05, 3.63) is 163 Å². The van der Waals surface area contributed by atoms with E-state index in [1.54, 1.807) is 6.20 Å². The summed E-state index contributed by atoms with van der Waals surface area (Å²) in [5, 5.41) is 4.69. The zero-order chi connectivity index (χ0) is 39.1. The SMILES string of the molecule is CC(C)c1cccc(C(C)C)c1N1[CH-]N(c2c(C(C)C)cccc2C(C)C)c2ccccc21.[Au].c1ccc(-c2nc3c4ccccc4c4ccccc4c3[n-]2)nc1. The third-order valence-electron chi connectivity index (χ3n) is 11.0. The minimum atomic E-state index is 0. The molecule has 57 heavy (non-hydrogen) atoms. The quantitative estimate of drug-likeness (QED) is 0.0905. The predicted molar refractivity (Wildman–Crippen MR) is 238 cm³/mol. The average Bonchev–Trinajstić information content (AvgIpc) is 3.84. The Hall–Kier alpha value is -5.20. The Morgan fingerprint density at radius 2 is 0.895 bits per heavy atom. The minimum Gasteiger partial charge on any atom is -0.473 e. The molecule has 9 rings (SSSR count). The molecule has 0 N–H and O–H groups in total. The predicted octanol–water partition coefficient (Wildman–Crippen LogP) is 14.1. The summed E-state index contributed by atoms with van der Waals surface area (Å²) >= 11 is 0. The van der Waals surface area contributed by atoms with Crippen molar-refractivity contribution in [3.8, 4) is 11.5 Å². The van der Waals surface area contributed by atoms with Crippen LogP contribution in [0.1, 0.15) is 101 Å². The fourth-order valence-electron chi connectivity index (χ4n) is 8.22. The van der Waals surface area contributed by atoms with Crippen molar-refractivity contribution in [2.45, 2.75) is 79.1 Å². The smallest absolute Gasteiger partial charge is 0.0620 e. The van der Waals surface area contributed by atoms with Gasteiger partial charge in [-0.25, -0.2) is 0 Å². The van der Waals surface area contributed by atoms with Crippen LogP contribution < -0.4 is 14.8 Å². The van der Waals surface area contributed by atoms with E-state index in [1.807, 2.05) is 30.3 Å². The molecule has 0 aliphatic carbocycles. The molecule has 293 valence electrons. The maximum absolute atomic E-state index is 4.79. The van der Waals surface area contributed by atoms with E-state index in [9.17, 15) is 0 Å². The maximum Gasteiger partial charge on any atom is 0.0620 e. The second kappa shape index (κ2) is 16.7. The van der Waals surface area contributed by atoms with Crippen LogP contribution in [-0.4, -0.2) is 9.97 Å². The van der Waals surface area contributed by atoms with Crippen LogP contribution in [0.15, 0.2) is 134 Å². The molecule has 0 saturated heterocycles. The van der Waals surface area contributed by atoms with Crippen LogP contribution >= 0.6 is 0 Å². The first-order valence-corrected chi connectivity index (χ1v) is 20.1. The molecule has 6 aromatic carbocycles. The summed E-state index contributed by atoms with van der Waals surface area (Å²) < 4.78 is 0. The van der Waals surface area contributed by atoms with Crippen molar-refractivity contribution < 1.29 is 22.4 Å². The Labute approximate surface area is 353 Å². The summed E-state index contributed by atoms with van der Waals surface area (Å²) in [7, 11) is 0. The van der Waals surface area contributed by atoms with Crippen molar-refractivity contribution >= 4 is 55.3 Å². The number of aromatic nitrogens is 3. The van der Waals surface area contributed by atoms with E-state index in [1.165, 1.54) is 55.8 Å². The van der Waals surface area contributed by atoms with Gasteiger partial charge in [-0.2, -0.15) is 0 Å². The number of anilines is 4. The largest absolute Gasteiger partial charge is 0.473 e. The summed E-state index contributed by atoms with van der Waals surface area (Å²) in [4.78, 5) is 18.8. The fraction of sp³-hybridized carbons (Fsp3) is 0.235. The fourth-order valence-corrected chi connectivity index (χ4v) is 8.22. The van der Waals surface area contributed by atoms with E-state index in [0.717, 1.165) is 27.5 Å². The molecule has 3 heterocycles. The van der Waals surface area contributed by atoms with Gasteiger partial charge in [0.05, 0.1) is 5.69 Å². The van der Waals surface area contributed by atoms with Crippen LogP contribution in [-0.2, 0) is 22.4 Å². The standard InChI is InChI=1S/C31H39N2.C20H12N3.Au/c1-20(2)24-13-11-14-25(21(3)4)30(24)32-19-33(29-18-10-9-17-28(29)32)31-26(22(5)6)15-12-16-27(31)23(7)8;1-3-9-15-13(7-1)14-8-2-4-10-16(14)19-18(15)22-20(23-19)17-11-5-6-12-21-17;/h9-23H,1-8H3;1-12H;/q2*-1;. The van der Waals surface area contributed by atoms with Gasteiger partial charge >= 0.3 is 0 Å². The van der Waals surface area contributed by atoms with E-state index >= 15 is 0 Å². The number of para-hydroxylation sites is 4. The van der Waals surface area contributed by atoms with E-state index in [-0.39, 0.29) is 22.4 Å². The van der Waals surface area contributed by atoms with Crippen molar-refractivity contribution in [2.75, 3.05) is 9.80 Å². The van der Waals surface area contributed by atoms with Gasteiger partial charge in [0.15, 0.2) is 0 Å². The third kappa shape index (κ3) is 7.41. The second-order valence-electron chi connectivity index (χ2n) is 16.1. The number of fused-ring (bicyclic) bond motifs is 7. The van der Waals surface area contributed by atoms with Gasteiger partial charge < -0.3 is 19.8 Å². The number of nitrogens with zero attached hydrogens (tertiary/aromatic N) is 5. The summed E-state index contributed by atoms with van der Waals surface area (Å²) in [6.45, 7) is 20.7. The molecular formula is C51H51AuN5-2. The Balaban J connectivity index is 0.000000181. The number of imidazole rings is 1. The van der Waals surface area contributed by atoms with Crippen LogP contribution in [0.2, 0.25) is 0 Å². The second-order valence-corrected chi connectivity index (χ2v) is 16.1. The van der Waals surface area contributed by atoms with Crippen LogP contribution in [0.3, 0.4) is 0 Å². The zero-order valence-corrected chi connectivity index (χ0v) is 36.3. The van der Waals surface area contributed by atoms with Gasteiger partial charge in [-0.1, -0.05) is 159 Å². The van der Waals surface area contributed by atoms with Gasteiger partial charge in [-0.15, -0.1) is 6.67 Å². The molecule has 6 heteroatoms. The van der Waals surface area contributed by atoms with Gasteiger partial charge in [-0.05, 0) is 109 Å². The molecule has 0 atom stereocenters. The average molecular weight is 931 g/mol. The van der Waals surface area contributed by atoms with Gasteiger partial charge in [0.2, 0.25) is 0 Å². The molecule has 8 aromatic rings. The molecule has 1 aliphatic heterocycles. The Morgan fingerprint density at radius 1 is 0.474 bits per heavy atom. The molecule has 0 amide bonds. The monoisotopic (exact) mass is 930 g/mol. The Bertz CT molecular complexity index is 2440. The molecule has 2 aromatic heterocycles.